The van der Waals surface area contributed by atoms with Crippen molar-refractivity contribution in [3.8, 4) is 5.75 Å². The van der Waals surface area contributed by atoms with E-state index in [1.54, 1.807) is 49.3 Å². The zero-order chi connectivity index (χ0) is 17.0. The summed E-state index contributed by atoms with van der Waals surface area (Å²) in [5, 5.41) is 2.78. The lowest BCUT2D eigenvalue weighted by molar-refractivity contribution is -0.116. The fourth-order valence-electron chi connectivity index (χ4n) is 2.12. The maximum absolute atomic E-state index is 12.2. The van der Waals surface area contributed by atoms with Crippen molar-refractivity contribution in [3.63, 3.8) is 0 Å². The number of imidazole rings is 1. The molecule has 0 aliphatic heterocycles. The predicted molar refractivity (Wildman–Crippen MR) is 86.6 cm³/mol. The molecule has 1 heterocycles. The van der Waals surface area contributed by atoms with E-state index in [0.717, 1.165) is 5.82 Å². The van der Waals surface area contributed by atoms with Crippen LogP contribution in [0.15, 0.2) is 30.6 Å². The van der Waals surface area contributed by atoms with Crippen LogP contribution >= 0.6 is 0 Å². The summed E-state index contributed by atoms with van der Waals surface area (Å²) in [4.78, 5) is 29.8. The zero-order valence-corrected chi connectivity index (χ0v) is 13.7. The molecule has 0 aliphatic rings. The van der Waals surface area contributed by atoms with Gasteiger partial charge in [-0.15, -0.1) is 0 Å². The third kappa shape index (κ3) is 3.88. The highest BCUT2D eigenvalue weighted by Gasteiger charge is 2.16. The zero-order valence-electron chi connectivity index (χ0n) is 13.7. The molecule has 0 atom stereocenters. The fraction of sp³-hybridized carbons (Fsp3) is 0.312. The number of carbonyl (C=O) groups excluding carboxylic acids is 2. The first kappa shape index (κ1) is 16.5. The van der Waals surface area contributed by atoms with Crippen molar-refractivity contribution in [2.24, 2.45) is 0 Å². The van der Waals surface area contributed by atoms with Crippen molar-refractivity contribution in [1.82, 2.24) is 14.5 Å². The van der Waals surface area contributed by atoms with Gasteiger partial charge in [0.2, 0.25) is 5.91 Å². The minimum absolute atomic E-state index is 0.162. The second kappa shape index (κ2) is 6.95. The van der Waals surface area contributed by atoms with Crippen LogP contribution in [0, 0.1) is 6.92 Å². The van der Waals surface area contributed by atoms with Crippen LogP contribution in [0.1, 0.15) is 16.2 Å². The minimum Gasteiger partial charge on any atom is -0.496 e. The number of anilines is 1. The standard InChI is InChI=1S/C16H20N4O3/c1-11-17-7-8-20(11)10-15(21)18-12-5-6-14(23-4)13(9-12)16(22)19(2)3/h5-9H,10H2,1-4H3,(H,18,21). The molecular formula is C16H20N4O3. The summed E-state index contributed by atoms with van der Waals surface area (Å²) in [7, 11) is 4.82. The summed E-state index contributed by atoms with van der Waals surface area (Å²) in [6.07, 6.45) is 3.38. The van der Waals surface area contributed by atoms with E-state index < -0.39 is 0 Å². The Kier molecular flexibility index (Phi) is 5.00. The molecule has 0 saturated heterocycles. The molecule has 2 amide bonds. The first-order valence-corrected chi connectivity index (χ1v) is 7.09. The largest absolute Gasteiger partial charge is 0.496 e. The van der Waals surface area contributed by atoms with E-state index in [0.29, 0.717) is 17.0 Å². The molecule has 23 heavy (non-hydrogen) atoms. The van der Waals surface area contributed by atoms with Crippen molar-refractivity contribution in [3.05, 3.63) is 42.0 Å². The topological polar surface area (TPSA) is 76.5 Å². The van der Waals surface area contributed by atoms with E-state index in [1.807, 2.05) is 6.92 Å². The van der Waals surface area contributed by atoms with Crippen molar-refractivity contribution in [2.75, 3.05) is 26.5 Å². The lowest BCUT2D eigenvalue weighted by Gasteiger charge is -2.15. The van der Waals surface area contributed by atoms with Crippen molar-refractivity contribution >= 4 is 17.5 Å². The summed E-state index contributed by atoms with van der Waals surface area (Å²) in [6.45, 7) is 1.99. The van der Waals surface area contributed by atoms with Gasteiger partial charge in [-0.25, -0.2) is 4.98 Å². The Bertz CT molecular complexity index is 722. The predicted octanol–water partition coefficient (Wildman–Crippen LogP) is 1.54. The van der Waals surface area contributed by atoms with Crippen LogP contribution in [0.4, 0.5) is 5.69 Å². The maximum atomic E-state index is 12.2. The molecule has 1 aromatic heterocycles. The Morgan fingerprint density at radius 1 is 1.35 bits per heavy atom. The van der Waals surface area contributed by atoms with Gasteiger partial charge in [-0.3, -0.25) is 9.59 Å². The number of benzene rings is 1. The minimum atomic E-state index is -0.195. The van der Waals surface area contributed by atoms with Crippen LogP contribution in [0.25, 0.3) is 0 Å². The molecule has 0 aliphatic carbocycles. The van der Waals surface area contributed by atoms with Crippen molar-refractivity contribution in [1.29, 1.82) is 0 Å². The van der Waals surface area contributed by atoms with E-state index in [1.165, 1.54) is 12.0 Å². The van der Waals surface area contributed by atoms with E-state index in [2.05, 4.69) is 10.3 Å². The Morgan fingerprint density at radius 2 is 2.09 bits per heavy atom. The third-order valence-electron chi connectivity index (χ3n) is 3.36. The number of aromatic nitrogens is 2. The van der Waals surface area contributed by atoms with E-state index >= 15 is 0 Å². The van der Waals surface area contributed by atoms with Gasteiger partial charge < -0.3 is 19.5 Å². The molecule has 0 spiro atoms. The molecule has 0 radical (unpaired) electrons. The summed E-state index contributed by atoms with van der Waals surface area (Å²) >= 11 is 0. The quantitative estimate of drug-likeness (QED) is 0.908. The van der Waals surface area contributed by atoms with Crippen molar-refractivity contribution in [2.45, 2.75) is 13.5 Å². The molecule has 1 aromatic carbocycles. The van der Waals surface area contributed by atoms with Gasteiger partial charge >= 0.3 is 0 Å². The number of methoxy groups -OCH3 is 1. The monoisotopic (exact) mass is 316 g/mol. The molecule has 0 unspecified atom stereocenters. The molecule has 122 valence electrons. The van der Waals surface area contributed by atoms with Gasteiger partial charge in [0, 0.05) is 32.2 Å². The number of amides is 2. The number of nitrogens with one attached hydrogen (secondary N) is 1. The van der Waals surface area contributed by atoms with Gasteiger partial charge in [-0.05, 0) is 25.1 Å². The van der Waals surface area contributed by atoms with Gasteiger partial charge in [0.25, 0.3) is 5.91 Å². The van der Waals surface area contributed by atoms with Crippen LogP contribution in [0.2, 0.25) is 0 Å². The van der Waals surface area contributed by atoms with Gasteiger partial charge in [-0.1, -0.05) is 0 Å². The van der Waals surface area contributed by atoms with Gasteiger partial charge in [0.15, 0.2) is 0 Å². The molecule has 1 N–H and O–H groups in total. The Labute approximate surface area is 134 Å². The van der Waals surface area contributed by atoms with Crippen molar-refractivity contribution < 1.29 is 14.3 Å². The molecule has 0 saturated carbocycles. The number of hydrogen-bond acceptors (Lipinski definition) is 4. The normalized spacial score (nSPS) is 10.3. The van der Waals surface area contributed by atoms with Crippen LogP contribution in [0.3, 0.4) is 0 Å². The lowest BCUT2D eigenvalue weighted by Crippen LogP contribution is -2.23. The number of carbonyl (C=O) groups is 2. The average Bonchev–Trinajstić information content (AvgIpc) is 2.91. The molecule has 2 aromatic rings. The summed E-state index contributed by atoms with van der Waals surface area (Å²) in [5.41, 5.74) is 0.938. The second-order valence-corrected chi connectivity index (χ2v) is 5.27. The van der Waals surface area contributed by atoms with Crippen LogP contribution in [-0.4, -0.2) is 47.5 Å². The molecule has 2 rings (SSSR count). The number of hydrogen-bond donors (Lipinski definition) is 1. The Morgan fingerprint density at radius 3 is 2.65 bits per heavy atom. The third-order valence-corrected chi connectivity index (χ3v) is 3.36. The average molecular weight is 316 g/mol. The summed E-state index contributed by atoms with van der Waals surface area (Å²) in [6, 6.07) is 4.97. The highest BCUT2D eigenvalue weighted by atomic mass is 16.5. The number of nitrogens with zero attached hydrogens (tertiary/aromatic N) is 3. The number of rotatable bonds is 5. The van der Waals surface area contributed by atoms with Crippen LogP contribution in [0.5, 0.6) is 5.75 Å². The molecule has 7 nitrogen and oxygen atoms in total. The highest BCUT2D eigenvalue weighted by Crippen LogP contribution is 2.23. The Balaban J connectivity index is 2.17. The van der Waals surface area contributed by atoms with Crippen LogP contribution in [-0.2, 0) is 11.3 Å². The maximum Gasteiger partial charge on any atom is 0.257 e. The number of ether oxygens (including phenoxy) is 1. The lowest BCUT2D eigenvalue weighted by atomic mass is 10.1. The second-order valence-electron chi connectivity index (χ2n) is 5.27. The highest BCUT2D eigenvalue weighted by molar-refractivity contribution is 5.99. The molecule has 7 heteroatoms. The summed E-state index contributed by atoms with van der Waals surface area (Å²) in [5.74, 6) is 0.841. The van der Waals surface area contributed by atoms with Gasteiger partial charge in [0.1, 0.15) is 18.1 Å². The molecule has 0 fully saturated rings. The molecular weight excluding hydrogens is 296 g/mol. The fourth-order valence-corrected chi connectivity index (χ4v) is 2.12. The van der Waals surface area contributed by atoms with Gasteiger partial charge in [-0.2, -0.15) is 0 Å². The Hall–Kier alpha value is -2.83. The van der Waals surface area contributed by atoms with E-state index in [-0.39, 0.29) is 18.4 Å². The van der Waals surface area contributed by atoms with Crippen LogP contribution < -0.4 is 10.1 Å². The first-order valence-electron chi connectivity index (χ1n) is 7.09. The first-order chi connectivity index (χ1) is 10.9. The number of aryl methyl sites for hydroxylation is 1. The van der Waals surface area contributed by atoms with E-state index in [9.17, 15) is 9.59 Å². The smallest absolute Gasteiger partial charge is 0.257 e. The van der Waals surface area contributed by atoms with Gasteiger partial charge in [0.05, 0.1) is 12.7 Å². The summed E-state index contributed by atoms with van der Waals surface area (Å²) < 4.78 is 6.95. The SMILES string of the molecule is COc1ccc(NC(=O)Cn2ccnc2C)cc1C(=O)N(C)C. The molecule has 0 bridgehead atoms. The van der Waals surface area contributed by atoms with E-state index in [4.69, 9.17) is 4.74 Å².